The molecule has 0 fully saturated rings. The fraction of sp³-hybridized carbons (Fsp3) is 0.0833. The van der Waals surface area contributed by atoms with E-state index in [1.165, 1.54) is 17.8 Å². The van der Waals surface area contributed by atoms with Crippen molar-refractivity contribution in [2.24, 2.45) is 10.9 Å². The van der Waals surface area contributed by atoms with Crippen molar-refractivity contribution in [3.05, 3.63) is 53.6 Å². The molecule has 0 unspecified atom stereocenters. The first-order valence-electron chi connectivity index (χ1n) is 5.37. The van der Waals surface area contributed by atoms with Crippen molar-refractivity contribution in [3.63, 3.8) is 0 Å². The summed E-state index contributed by atoms with van der Waals surface area (Å²) in [4.78, 5) is 8.08. The second kappa shape index (κ2) is 6.14. The number of hydrogen-bond acceptors (Lipinski definition) is 5. The van der Waals surface area contributed by atoms with E-state index in [0.29, 0.717) is 16.5 Å². The summed E-state index contributed by atoms with van der Waals surface area (Å²) in [6.45, 7) is 0. The zero-order valence-electron chi connectivity index (χ0n) is 9.82. The Balaban J connectivity index is 2.17. The minimum Gasteiger partial charge on any atom is -0.409 e. The van der Waals surface area contributed by atoms with Gasteiger partial charge in [-0.3, -0.25) is 0 Å². The Kier molecular flexibility index (Phi) is 4.30. The molecule has 0 radical (unpaired) electrons. The Bertz CT molecular complexity index is 592. The second-order valence-corrected chi connectivity index (χ2v) is 4.53. The number of nitrogens with zero attached hydrogens (tertiary/aromatic N) is 3. The van der Waals surface area contributed by atoms with E-state index in [9.17, 15) is 4.39 Å². The minimum absolute atomic E-state index is 0.0783. The van der Waals surface area contributed by atoms with Crippen LogP contribution in [0, 0.1) is 5.82 Å². The molecule has 3 N–H and O–H groups in total. The van der Waals surface area contributed by atoms with E-state index in [0.717, 1.165) is 0 Å². The summed E-state index contributed by atoms with van der Waals surface area (Å²) in [7, 11) is 0. The van der Waals surface area contributed by atoms with Crippen LogP contribution in [0.25, 0.3) is 0 Å². The zero-order valence-corrected chi connectivity index (χ0v) is 10.6. The van der Waals surface area contributed by atoms with Crippen LogP contribution in [0.2, 0.25) is 0 Å². The molecule has 1 aromatic heterocycles. The SMILES string of the molecule is N/C(=N/O)c1cccc(CSc2ncccn2)c1F. The number of rotatable bonds is 4. The normalized spacial score (nSPS) is 11.5. The van der Waals surface area contributed by atoms with E-state index in [1.54, 1.807) is 30.6 Å². The summed E-state index contributed by atoms with van der Waals surface area (Å²) >= 11 is 1.31. The molecule has 1 aromatic carbocycles. The van der Waals surface area contributed by atoms with Gasteiger partial charge < -0.3 is 10.9 Å². The molecule has 5 nitrogen and oxygen atoms in total. The molecular weight excluding hydrogens is 267 g/mol. The quantitative estimate of drug-likeness (QED) is 0.223. The topological polar surface area (TPSA) is 84.4 Å². The molecule has 0 amide bonds. The average molecular weight is 278 g/mol. The third-order valence-electron chi connectivity index (χ3n) is 2.36. The van der Waals surface area contributed by atoms with Crippen molar-refractivity contribution in [2.75, 3.05) is 0 Å². The van der Waals surface area contributed by atoms with Crippen molar-refractivity contribution in [1.29, 1.82) is 0 Å². The Morgan fingerprint density at radius 3 is 2.74 bits per heavy atom. The molecule has 0 atom stereocenters. The predicted octanol–water partition coefficient (Wildman–Crippen LogP) is 2.00. The van der Waals surface area contributed by atoms with Gasteiger partial charge in [0.15, 0.2) is 11.0 Å². The largest absolute Gasteiger partial charge is 0.409 e. The third kappa shape index (κ3) is 3.19. The van der Waals surface area contributed by atoms with Crippen molar-refractivity contribution >= 4 is 17.6 Å². The lowest BCUT2D eigenvalue weighted by molar-refractivity contribution is 0.318. The van der Waals surface area contributed by atoms with Crippen LogP contribution in [0.1, 0.15) is 11.1 Å². The first kappa shape index (κ1) is 13.3. The first-order valence-corrected chi connectivity index (χ1v) is 6.36. The van der Waals surface area contributed by atoms with Gasteiger partial charge in [-0.05, 0) is 17.7 Å². The van der Waals surface area contributed by atoms with E-state index in [2.05, 4.69) is 15.1 Å². The van der Waals surface area contributed by atoms with Crippen LogP contribution in [-0.4, -0.2) is 21.0 Å². The predicted molar refractivity (Wildman–Crippen MR) is 70.5 cm³/mol. The van der Waals surface area contributed by atoms with E-state index < -0.39 is 5.82 Å². The maximum atomic E-state index is 14.1. The van der Waals surface area contributed by atoms with Gasteiger partial charge in [-0.1, -0.05) is 29.1 Å². The highest BCUT2D eigenvalue weighted by atomic mass is 32.2. The smallest absolute Gasteiger partial charge is 0.187 e. The minimum atomic E-state index is -0.499. The van der Waals surface area contributed by atoms with Gasteiger partial charge in [-0.2, -0.15) is 0 Å². The number of thioether (sulfide) groups is 1. The van der Waals surface area contributed by atoms with Gasteiger partial charge in [0.2, 0.25) is 0 Å². The fourth-order valence-corrected chi connectivity index (χ4v) is 2.22. The highest BCUT2D eigenvalue weighted by molar-refractivity contribution is 7.98. The Morgan fingerprint density at radius 1 is 1.32 bits per heavy atom. The fourth-order valence-electron chi connectivity index (χ4n) is 1.45. The number of benzene rings is 1. The molecule has 98 valence electrons. The van der Waals surface area contributed by atoms with Crippen LogP contribution >= 0.6 is 11.8 Å². The van der Waals surface area contributed by atoms with Crippen LogP contribution in [0.4, 0.5) is 4.39 Å². The Morgan fingerprint density at radius 2 is 2.05 bits per heavy atom. The number of amidine groups is 1. The van der Waals surface area contributed by atoms with Crippen LogP contribution in [0.3, 0.4) is 0 Å². The van der Waals surface area contributed by atoms with Gasteiger partial charge in [0.1, 0.15) is 5.82 Å². The molecule has 0 aliphatic carbocycles. The zero-order chi connectivity index (χ0) is 13.7. The van der Waals surface area contributed by atoms with Crippen LogP contribution in [0.5, 0.6) is 0 Å². The molecule has 19 heavy (non-hydrogen) atoms. The summed E-state index contributed by atoms with van der Waals surface area (Å²) in [6.07, 6.45) is 3.25. The molecule has 0 aliphatic heterocycles. The van der Waals surface area contributed by atoms with Crippen molar-refractivity contribution < 1.29 is 9.60 Å². The van der Waals surface area contributed by atoms with Gasteiger partial charge in [0.05, 0.1) is 5.56 Å². The molecule has 0 spiro atoms. The van der Waals surface area contributed by atoms with Gasteiger partial charge in [0, 0.05) is 18.1 Å². The van der Waals surface area contributed by atoms with Crippen molar-refractivity contribution in [1.82, 2.24) is 9.97 Å². The second-order valence-electron chi connectivity index (χ2n) is 3.58. The molecule has 0 aliphatic rings. The van der Waals surface area contributed by atoms with Gasteiger partial charge in [0.25, 0.3) is 0 Å². The standard InChI is InChI=1S/C12H11FN4OS/c13-10-8(3-1-4-9(10)11(14)17-18)7-19-12-15-5-2-6-16-12/h1-6,18H,7H2,(H2,14,17). The lowest BCUT2D eigenvalue weighted by atomic mass is 10.1. The summed E-state index contributed by atoms with van der Waals surface area (Å²) in [6, 6.07) is 6.46. The van der Waals surface area contributed by atoms with Gasteiger partial charge in [-0.25, -0.2) is 14.4 Å². The molecule has 0 bridgehead atoms. The van der Waals surface area contributed by atoms with E-state index in [1.807, 2.05) is 0 Å². The van der Waals surface area contributed by atoms with Gasteiger partial charge in [-0.15, -0.1) is 0 Å². The first-order chi connectivity index (χ1) is 9.22. The number of nitrogens with two attached hydrogens (primary N) is 1. The highest BCUT2D eigenvalue weighted by Crippen LogP contribution is 2.22. The van der Waals surface area contributed by atoms with Crippen LogP contribution < -0.4 is 5.73 Å². The molecule has 7 heteroatoms. The molecule has 0 saturated heterocycles. The van der Waals surface area contributed by atoms with Crippen LogP contribution in [-0.2, 0) is 5.75 Å². The number of oxime groups is 1. The molecule has 0 saturated carbocycles. The summed E-state index contributed by atoms with van der Waals surface area (Å²) in [5.74, 6) is -0.385. The Labute approximate surface area is 113 Å². The summed E-state index contributed by atoms with van der Waals surface area (Å²) in [5.41, 5.74) is 5.92. The Hall–Kier alpha value is -2.15. The maximum Gasteiger partial charge on any atom is 0.187 e. The molecule has 1 heterocycles. The van der Waals surface area contributed by atoms with E-state index in [4.69, 9.17) is 10.9 Å². The lowest BCUT2D eigenvalue weighted by Gasteiger charge is -2.06. The maximum absolute atomic E-state index is 14.1. The molecule has 2 rings (SSSR count). The number of halogens is 1. The summed E-state index contributed by atoms with van der Waals surface area (Å²) < 4.78 is 14.1. The highest BCUT2D eigenvalue weighted by Gasteiger charge is 2.12. The number of aromatic nitrogens is 2. The van der Waals surface area contributed by atoms with Crippen molar-refractivity contribution in [2.45, 2.75) is 10.9 Å². The lowest BCUT2D eigenvalue weighted by Crippen LogP contribution is -2.15. The molecular formula is C12H11FN4OS. The monoisotopic (exact) mass is 278 g/mol. The average Bonchev–Trinajstić information content (AvgIpc) is 2.46. The van der Waals surface area contributed by atoms with E-state index >= 15 is 0 Å². The van der Waals surface area contributed by atoms with E-state index in [-0.39, 0.29) is 11.4 Å². The van der Waals surface area contributed by atoms with Gasteiger partial charge >= 0.3 is 0 Å². The summed E-state index contributed by atoms with van der Waals surface area (Å²) in [5, 5.41) is 12.0. The number of hydrogen-bond donors (Lipinski definition) is 2. The van der Waals surface area contributed by atoms with Crippen LogP contribution in [0.15, 0.2) is 47.0 Å². The molecule has 2 aromatic rings. The third-order valence-corrected chi connectivity index (χ3v) is 3.29. The van der Waals surface area contributed by atoms with Crippen molar-refractivity contribution in [3.8, 4) is 0 Å².